The lowest BCUT2D eigenvalue weighted by Gasteiger charge is -2.74. The second-order valence-corrected chi connectivity index (χ2v) is 10.8. The van der Waals surface area contributed by atoms with Gasteiger partial charge in [0.25, 0.3) is 0 Å². The minimum atomic E-state index is -1.51. The molecule has 2 aliphatic heterocycles. The molecule has 2 saturated heterocycles. The molecule has 8 unspecified atom stereocenters. The molecule has 4 saturated carbocycles. The van der Waals surface area contributed by atoms with Gasteiger partial charge in [0.2, 0.25) is 0 Å². The predicted molar refractivity (Wildman–Crippen MR) is 99.9 cm³/mol. The van der Waals surface area contributed by atoms with Crippen LogP contribution in [0.25, 0.3) is 0 Å². The topological polar surface area (TPSA) is 96.2 Å². The summed E-state index contributed by atoms with van der Waals surface area (Å²) in [7, 11) is 0. The standard InChI is InChI=1S/C22H32O6/c1-12-17(24)21-10-19(12,25)8-5-14(21)20-11-27-22(21,26)9-15(20)18(3,4)7-6-16(20)28-13(2)23/h14-17,24-26H,1,5-11H2,2-4H3. The maximum atomic E-state index is 12.0. The van der Waals surface area contributed by atoms with E-state index in [2.05, 4.69) is 20.4 Å². The third kappa shape index (κ3) is 1.87. The van der Waals surface area contributed by atoms with E-state index in [1.807, 2.05) is 0 Å². The number of carbonyl (C=O) groups is 1. The normalized spacial score (nSPS) is 56.1. The van der Waals surface area contributed by atoms with Crippen molar-refractivity contribution in [1.29, 1.82) is 0 Å². The van der Waals surface area contributed by atoms with Crippen molar-refractivity contribution in [2.45, 2.75) is 82.9 Å². The summed E-state index contributed by atoms with van der Waals surface area (Å²) in [5.41, 5.74) is -2.28. The molecular formula is C22H32O6. The molecule has 156 valence electrons. The van der Waals surface area contributed by atoms with Crippen LogP contribution in [0.1, 0.15) is 59.3 Å². The molecule has 6 nitrogen and oxygen atoms in total. The highest BCUT2D eigenvalue weighted by Crippen LogP contribution is 2.78. The van der Waals surface area contributed by atoms with Crippen LogP contribution in [0.4, 0.5) is 0 Å². The molecule has 2 spiro atoms. The first-order valence-electron chi connectivity index (χ1n) is 10.6. The van der Waals surface area contributed by atoms with E-state index in [1.165, 1.54) is 6.92 Å². The van der Waals surface area contributed by atoms with Crippen LogP contribution >= 0.6 is 0 Å². The van der Waals surface area contributed by atoms with Crippen LogP contribution in [0.15, 0.2) is 12.2 Å². The molecule has 8 atom stereocenters. The average Bonchev–Trinajstić information content (AvgIpc) is 2.76. The molecule has 0 amide bonds. The number of rotatable bonds is 1. The van der Waals surface area contributed by atoms with Crippen molar-refractivity contribution in [3.63, 3.8) is 0 Å². The van der Waals surface area contributed by atoms with Gasteiger partial charge < -0.3 is 24.8 Å². The number of hydrogen-bond acceptors (Lipinski definition) is 6. The summed E-state index contributed by atoms with van der Waals surface area (Å²) in [6.45, 7) is 10.2. The molecule has 28 heavy (non-hydrogen) atoms. The third-order valence-corrected chi connectivity index (χ3v) is 9.44. The van der Waals surface area contributed by atoms with E-state index in [0.717, 1.165) is 12.8 Å². The lowest BCUT2D eigenvalue weighted by atomic mass is 9.36. The molecule has 3 N–H and O–H groups in total. The Morgan fingerprint density at radius 3 is 2.61 bits per heavy atom. The largest absolute Gasteiger partial charge is 0.462 e. The van der Waals surface area contributed by atoms with Crippen LogP contribution < -0.4 is 0 Å². The monoisotopic (exact) mass is 392 g/mol. The van der Waals surface area contributed by atoms with Crippen LogP contribution in [0, 0.1) is 28.1 Å². The van der Waals surface area contributed by atoms with Crippen molar-refractivity contribution >= 4 is 5.97 Å². The van der Waals surface area contributed by atoms with Gasteiger partial charge in [0.1, 0.15) is 6.10 Å². The van der Waals surface area contributed by atoms with Gasteiger partial charge in [-0.05, 0) is 54.9 Å². The van der Waals surface area contributed by atoms with E-state index < -0.39 is 28.3 Å². The zero-order valence-electron chi connectivity index (χ0n) is 17.0. The number of aliphatic hydroxyl groups excluding tert-OH is 1. The van der Waals surface area contributed by atoms with E-state index in [0.29, 0.717) is 31.4 Å². The minimum Gasteiger partial charge on any atom is -0.462 e. The van der Waals surface area contributed by atoms with E-state index in [9.17, 15) is 20.1 Å². The van der Waals surface area contributed by atoms with Gasteiger partial charge >= 0.3 is 5.97 Å². The van der Waals surface area contributed by atoms with Gasteiger partial charge in [-0.1, -0.05) is 20.4 Å². The van der Waals surface area contributed by atoms with Crippen molar-refractivity contribution in [2.75, 3.05) is 6.61 Å². The van der Waals surface area contributed by atoms with Crippen LogP contribution in [0.5, 0.6) is 0 Å². The van der Waals surface area contributed by atoms with Gasteiger partial charge in [-0.15, -0.1) is 0 Å². The summed E-state index contributed by atoms with van der Waals surface area (Å²) < 4.78 is 12.0. The van der Waals surface area contributed by atoms with Crippen molar-refractivity contribution in [3.8, 4) is 0 Å². The molecular weight excluding hydrogens is 360 g/mol. The summed E-state index contributed by atoms with van der Waals surface area (Å²) >= 11 is 0. The maximum Gasteiger partial charge on any atom is 0.302 e. The number of ether oxygens (including phenoxy) is 2. The Morgan fingerprint density at radius 2 is 1.93 bits per heavy atom. The van der Waals surface area contributed by atoms with Gasteiger partial charge in [-0.2, -0.15) is 0 Å². The predicted octanol–water partition coefficient (Wildman–Crippen LogP) is 1.91. The molecule has 0 radical (unpaired) electrons. The second-order valence-electron chi connectivity index (χ2n) is 10.8. The first-order valence-corrected chi connectivity index (χ1v) is 10.6. The van der Waals surface area contributed by atoms with E-state index in [-0.39, 0.29) is 35.7 Å². The molecule has 6 aliphatic rings. The Kier molecular flexibility index (Phi) is 3.54. The lowest BCUT2D eigenvalue weighted by molar-refractivity contribution is -0.436. The van der Waals surface area contributed by atoms with E-state index >= 15 is 0 Å². The Hall–Kier alpha value is -0.950. The van der Waals surface area contributed by atoms with Gasteiger partial charge in [0.15, 0.2) is 5.79 Å². The van der Waals surface area contributed by atoms with Gasteiger partial charge in [0, 0.05) is 18.8 Å². The molecule has 0 aromatic rings. The number of carbonyl (C=O) groups excluding carboxylic acids is 1. The van der Waals surface area contributed by atoms with Crippen molar-refractivity contribution in [3.05, 3.63) is 12.2 Å². The molecule has 6 fully saturated rings. The molecule has 4 bridgehead atoms. The zero-order chi connectivity index (χ0) is 20.3. The highest BCUT2D eigenvalue weighted by molar-refractivity contribution is 5.66. The number of aliphatic hydroxyl groups is 3. The Balaban J connectivity index is 1.72. The fourth-order valence-electron chi connectivity index (χ4n) is 8.23. The second kappa shape index (κ2) is 5.20. The van der Waals surface area contributed by atoms with Gasteiger partial charge in [-0.3, -0.25) is 4.79 Å². The lowest BCUT2D eigenvalue weighted by Crippen LogP contribution is -2.79. The fraction of sp³-hybridized carbons (Fsp3) is 0.864. The zero-order valence-corrected chi connectivity index (χ0v) is 17.0. The highest BCUT2D eigenvalue weighted by Gasteiger charge is 2.83. The van der Waals surface area contributed by atoms with Crippen LogP contribution in [-0.4, -0.2) is 51.5 Å². The SMILES string of the molecule is C=C1C(O)C23CC1(O)CCC2C12COC3(O)CC1C(C)(C)CCC2OC(C)=O. The summed E-state index contributed by atoms with van der Waals surface area (Å²) in [5.74, 6) is -1.80. The fourth-order valence-corrected chi connectivity index (χ4v) is 8.23. The molecule has 0 aromatic heterocycles. The van der Waals surface area contributed by atoms with Gasteiger partial charge in [0.05, 0.1) is 23.7 Å². The molecule has 6 rings (SSSR count). The van der Waals surface area contributed by atoms with Crippen LogP contribution in [0.3, 0.4) is 0 Å². The first kappa shape index (κ1) is 19.0. The summed E-state index contributed by atoms with van der Waals surface area (Å²) in [4.78, 5) is 12.0. The number of hydrogen-bond donors (Lipinski definition) is 3. The van der Waals surface area contributed by atoms with E-state index in [4.69, 9.17) is 9.47 Å². The number of esters is 1. The van der Waals surface area contributed by atoms with Crippen LogP contribution in [-0.2, 0) is 14.3 Å². The summed E-state index contributed by atoms with van der Waals surface area (Å²) in [6.07, 6.45) is 2.12. The van der Waals surface area contributed by atoms with Crippen LogP contribution in [0.2, 0.25) is 0 Å². The van der Waals surface area contributed by atoms with Crippen molar-refractivity contribution < 1.29 is 29.6 Å². The molecule has 2 heterocycles. The van der Waals surface area contributed by atoms with Crippen molar-refractivity contribution in [1.82, 2.24) is 0 Å². The molecule has 0 aromatic carbocycles. The summed E-state index contributed by atoms with van der Waals surface area (Å²) in [5, 5.41) is 34.2. The third-order valence-electron chi connectivity index (χ3n) is 9.44. The first-order chi connectivity index (χ1) is 12.9. The molecule has 4 aliphatic carbocycles. The Morgan fingerprint density at radius 1 is 1.21 bits per heavy atom. The van der Waals surface area contributed by atoms with E-state index in [1.54, 1.807) is 0 Å². The van der Waals surface area contributed by atoms with Gasteiger partial charge in [-0.25, -0.2) is 0 Å². The quantitative estimate of drug-likeness (QED) is 0.466. The maximum absolute atomic E-state index is 12.0. The van der Waals surface area contributed by atoms with Crippen molar-refractivity contribution in [2.24, 2.45) is 28.1 Å². The summed E-state index contributed by atoms with van der Waals surface area (Å²) in [6, 6.07) is 0. The Labute approximate surface area is 165 Å². The smallest absolute Gasteiger partial charge is 0.302 e. The minimum absolute atomic E-state index is 0.0374. The number of fused-ring (bicyclic) bond motifs is 2. The highest BCUT2D eigenvalue weighted by atomic mass is 16.6. The molecule has 6 heteroatoms. The Bertz CT molecular complexity index is 762. The average molecular weight is 392 g/mol.